The van der Waals surface area contributed by atoms with Gasteiger partial charge >= 0.3 is 0 Å². The summed E-state index contributed by atoms with van der Waals surface area (Å²) >= 11 is 0. The lowest BCUT2D eigenvalue weighted by Crippen LogP contribution is -2.33. The molecule has 6 heteroatoms. The summed E-state index contributed by atoms with van der Waals surface area (Å²) in [6.45, 7) is 2.40. The van der Waals surface area contributed by atoms with E-state index in [4.69, 9.17) is 4.42 Å². The van der Waals surface area contributed by atoms with E-state index >= 15 is 0 Å². The van der Waals surface area contributed by atoms with Crippen molar-refractivity contribution in [2.75, 3.05) is 0 Å². The zero-order valence-electron chi connectivity index (χ0n) is 12.0. The van der Waals surface area contributed by atoms with E-state index in [2.05, 4.69) is 15.2 Å². The molecule has 2 aliphatic carbocycles. The minimum Gasteiger partial charge on any atom is -0.464 e. The monoisotopic (exact) mass is 286 g/mol. The van der Waals surface area contributed by atoms with Crippen LogP contribution in [0.5, 0.6) is 0 Å². The van der Waals surface area contributed by atoms with E-state index in [1.54, 1.807) is 0 Å². The first kappa shape index (κ1) is 12.6. The van der Waals surface area contributed by atoms with Crippen molar-refractivity contribution in [3.8, 4) is 0 Å². The second-order valence-corrected chi connectivity index (χ2v) is 6.00. The molecular weight excluding hydrogens is 268 g/mol. The third-order valence-corrected chi connectivity index (χ3v) is 4.03. The molecule has 0 spiro atoms. The molecule has 2 fully saturated rings. The minimum absolute atomic E-state index is 0.102. The number of nitrogens with zero attached hydrogens (tertiary/aromatic N) is 3. The number of aryl methyl sites for hydroxylation is 1. The van der Waals surface area contributed by atoms with Gasteiger partial charge in [-0.2, -0.15) is 0 Å². The maximum absolute atomic E-state index is 12.6. The van der Waals surface area contributed by atoms with Gasteiger partial charge in [0.25, 0.3) is 5.91 Å². The Labute approximate surface area is 122 Å². The molecule has 0 bridgehead atoms. The SMILES string of the molecule is Cc1ccc(CN(C(=O)c2n[nH]c(C3CC3)n2)C2CC2)o1. The number of rotatable bonds is 5. The third-order valence-electron chi connectivity index (χ3n) is 4.03. The predicted octanol–water partition coefficient (Wildman–Crippen LogP) is 2.39. The minimum atomic E-state index is -0.102. The number of carbonyl (C=O) groups is 1. The average Bonchev–Trinajstić information content (AvgIpc) is 3.40. The van der Waals surface area contributed by atoms with Gasteiger partial charge < -0.3 is 9.32 Å². The van der Waals surface area contributed by atoms with E-state index < -0.39 is 0 Å². The lowest BCUT2D eigenvalue weighted by Gasteiger charge is -2.19. The highest BCUT2D eigenvalue weighted by molar-refractivity contribution is 5.90. The van der Waals surface area contributed by atoms with Gasteiger partial charge in [0.1, 0.15) is 17.3 Å². The van der Waals surface area contributed by atoms with Crippen LogP contribution in [0, 0.1) is 6.92 Å². The smallest absolute Gasteiger partial charge is 0.294 e. The number of carbonyl (C=O) groups excluding carboxylic acids is 1. The maximum atomic E-state index is 12.6. The lowest BCUT2D eigenvalue weighted by molar-refractivity contribution is 0.0705. The fourth-order valence-electron chi connectivity index (χ4n) is 2.53. The summed E-state index contributed by atoms with van der Waals surface area (Å²) in [5.74, 6) is 3.18. The summed E-state index contributed by atoms with van der Waals surface area (Å²) in [6, 6.07) is 4.14. The first-order valence-electron chi connectivity index (χ1n) is 7.49. The molecule has 1 N–H and O–H groups in total. The van der Waals surface area contributed by atoms with Gasteiger partial charge in [-0.25, -0.2) is 4.98 Å². The number of furan rings is 1. The Morgan fingerprint density at radius 2 is 2.19 bits per heavy atom. The van der Waals surface area contributed by atoms with Crippen molar-refractivity contribution >= 4 is 5.91 Å². The van der Waals surface area contributed by atoms with E-state index in [0.717, 1.165) is 43.0 Å². The maximum Gasteiger partial charge on any atom is 0.294 e. The van der Waals surface area contributed by atoms with Crippen LogP contribution >= 0.6 is 0 Å². The van der Waals surface area contributed by atoms with Crippen LogP contribution in [0.2, 0.25) is 0 Å². The number of hydrogen-bond donors (Lipinski definition) is 1. The molecule has 0 atom stereocenters. The van der Waals surface area contributed by atoms with Gasteiger partial charge in [-0.15, -0.1) is 5.10 Å². The summed E-state index contributed by atoms with van der Waals surface area (Å²) in [5, 5.41) is 7.00. The summed E-state index contributed by atoms with van der Waals surface area (Å²) in [5.41, 5.74) is 0. The number of aromatic nitrogens is 3. The van der Waals surface area contributed by atoms with Crippen LogP contribution in [0.15, 0.2) is 16.5 Å². The number of aromatic amines is 1. The molecule has 4 rings (SSSR count). The Hall–Kier alpha value is -2.11. The Morgan fingerprint density at radius 1 is 1.38 bits per heavy atom. The summed E-state index contributed by atoms with van der Waals surface area (Å²) in [4.78, 5) is 18.8. The molecule has 2 aromatic heterocycles. The molecule has 0 aromatic carbocycles. The van der Waals surface area contributed by atoms with Crippen molar-refractivity contribution < 1.29 is 9.21 Å². The number of amides is 1. The van der Waals surface area contributed by atoms with Gasteiger partial charge in [-0.05, 0) is 44.7 Å². The zero-order chi connectivity index (χ0) is 14.4. The molecule has 0 saturated heterocycles. The average molecular weight is 286 g/mol. The summed E-state index contributed by atoms with van der Waals surface area (Å²) in [7, 11) is 0. The Bertz CT molecular complexity index is 667. The van der Waals surface area contributed by atoms with Crippen LogP contribution in [0.25, 0.3) is 0 Å². The van der Waals surface area contributed by atoms with E-state index in [1.165, 1.54) is 0 Å². The molecule has 6 nitrogen and oxygen atoms in total. The molecule has 1 amide bonds. The van der Waals surface area contributed by atoms with Gasteiger partial charge in [0.05, 0.1) is 6.54 Å². The van der Waals surface area contributed by atoms with E-state index in [-0.39, 0.29) is 11.7 Å². The summed E-state index contributed by atoms with van der Waals surface area (Å²) < 4.78 is 5.59. The van der Waals surface area contributed by atoms with E-state index in [0.29, 0.717) is 18.5 Å². The highest BCUT2D eigenvalue weighted by Gasteiger charge is 2.36. The molecule has 0 aliphatic heterocycles. The standard InChI is InChI=1S/C15H18N4O2/c1-9-2-7-12(21-9)8-19(11-5-6-11)15(20)14-16-13(17-18-14)10-3-4-10/h2,7,10-11H,3-6,8H2,1H3,(H,16,17,18). The van der Waals surface area contributed by atoms with E-state index in [9.17, 15) is 4.79 Å². The highest BCUT2D eigenvalue weighted by atomic mass is 16.3. The largest absolute Gasteiger partial charge is 0.464 e. The Balaban J connectivity index is 1.53. The predicted molar refractivity (Wildman–Crippen MR) is 74.7 cm³/mol. The molecule has 2 aliphatic rings. The van der Waals surface area contributed by atoms with Crippen LogP contribution in [0.1, 0.15) is 59.6 Å². The van der Waals surface area contributed by atoms with Crippen molar-refractivity contribution in [2.45, 2.75) is 51.1 Å². The van der Waals surface area contributed by atoms with Crippen molar-refractivity contribution in [1.82, 2.24) is 20.1 Å². The van der Waals surface area contributed by atoms with Gasteiger partial charge in [0.2, 0.25) is 5.82 Å². The second-order valence-electron chi connectivity index (χ2n) is 6.00. The van der Waals surface area contributed by atoms with Crippen LogP contribution in [-0.2, 0) is 6.54 Å². The van der Waals surface area contributed by atoms with Gasteiger partial charge in [0, 0.05) is 12.0 Å². The second kappa shape index (κ2) is 4.72. The first-order chi connectivity index (χ1) is 10.2. The molecule has 2 aromatic rings. The van der Waals surface area contributed by atoms with Gasteiger partial charge in [-0.3, -0.25) is 9.89 Å². The van der Waals surface area contributed by atoms with Gasteiger partial charge in [0.15, 0.2) is 0 Å². The quantitative estimate of drug-likeness (QED) is 0.915. The third kappa shape index (κ3) is 2.57. The molecule has 2 heterocycles. The molecular formula is C15H18N4O2. The highest BCUT2D eigenvalue weighted by Crippen LogP contribution is 2.38. The molecule has 2 saturated carbocycles. The molecule has 0 unspecified atom stereocenters. The fraction of sp³-hybridized carbons (Fsp3) is 0.533. The Morgan fingerprint density at radius 3 is 2.81 bits per heavy atom. The normalized spacial score (nSPS) is 18.0. The number of nitrogens with one attached hydrogen (secondary N) is 1. The van der Waals surface area contributed by atoms with Crippen molar-refractivity contribution in [1.29, 1.82) is 0 Å². The van der Waals surface area contributed by atoms with Crippen molar-refractivity contribution in [3.63, 3.8) is 0 Å². The van der Waals surface area contributed by atoms with Crippen LogP contribution < -0.4 is 0 Å². The topological polar surface area (TPSA) is 75.0 Å². The van der Waals surface area contributed by atoms with Gasteiger partial charge in [-0.1, -0.05) is 0 Å². The van der Waals surface area contributed by atoms with Crippen LogP contribution in [-0.4, -0.2) is 32.0 Å². The molecule has 21 heavy (non-hydrogen) atoms. The van der Waals surface area contributed by atoms with Crippen molar-refractivity contribution in [2.24, 2.45) is 0 Å². The zero-order valence-corrected chi connectivity index (χ0v) is 12.0. The summed E-state index contributed by atoms with van der Waals surface area (Å²) in [6.07, 6.45) is 4.37. The molecule has 110 valence electrons. The lowest BCUT2D eigenvalue weighted by atomic mass is 10.3. The fourth-order valence-corrected chi connectivity index (χ4v) is 2.53. The molecule has 0 radical (unpaired) electrons. The van der Waals surface area contributed by atoms with Crippen molar-refractivity contribution in [3.05, 3.63) is 35.3 Å². The first-order valence-corrected chi connectivity index (χ1v) is 7.49. The van der Waals surface area contributed by atoms with Crippen LogP contribution in [0.4, 0.5) is 0 Å². The van der Waals surface area contributed by atoms with Crippen LogP contribution in [0.3, 0.4) is 0 Å². The Kier molecular flexibility index (Phi) is 2.83. The number of H-pyrrole nitrogens is 1. The van der Waals surface area contributed by atoms with E-state index in [1.807, 2.05) is 24.0 Å². The number of hydrogen-bond acceptors (Lipinski definition) is 4.